The Morgan fingerprint density at radius 1 is 1.48 bits per heavy atom. The normalized spacial score (nSPS) is 17.0. The first-order valence-corrected chi connectivity index (χ1v) is 8.39. The minimum absolute atomic E-state index is 0.0271. The zero-order valence-electron chi connectivity index (χ0n) is 12.6. The summed E-state index contributed by atoms with van der Waals surface area (Å²) in [5.74, 6) is -1.61. The average Bonchev–Trinajstić information content (AvgIpc) is 2.91. The summed E-state index contributed by atoms with van der Waals surface area (Å²) in [6, 6.07) is 0. The minimum Gasteiger partial charge on any atom is -0.481 e. The van der Waals surface area contributed by atoms with Gasteiger partial charge in [0.2, 0.25) is 0 Å². The molecular formula is C13H11ClF3N3O3S2. The summed E-state index contributed by atoms with van der Waals surface area (Å²) in [7, 11) is 1.26. The molecular weight excluding hydrogens is 403 g/mol. The lowest BCUT2D eigenvalue weighted by molar-refractivity contribution is -0.141. The monoisotopic (exact) mass is 413 g/mol. The standard InChI is InChI=1S/C13H11ClF3N3O3S2/c1-19-10(14)6(9(18-19)13(15,16)17)5-7-11(23)20(12(24)25-7)4-2-3-8(21)22/h5H,2-4H2,1H3,(H,21,22)/b7-5+. The number of thioether (sulfide) groups is 1. The number of carbonyl (C=O) groups is 2. The van der Waals surface area contributed by atoms with Gasteiger partial charge in [0.05, 0.1) is 4.91 Å². The summed E-state index contributed by atoms with van der Waals surface area (Å²) < 4.78 is 40.2. The lowest BCUT2D eigenvalue weighted by Crippen LogP contribution is -2.29. The second-order valence-corrected chi connectivity index (χ2v) is 7.04. The van der Waals surface area contributed by atoms with E-state index < -0.39 is 29.3 Å². The second-order valence-electron chi connectivity index (χ2n) is 5.01. The molecule has 1 aromatic rings. The van der Waals surface area contributed by atoms with Crippen molar-refractivity contribution in [2.24, 2.45) is 7.05 Å². The average molecular weight is 414 g/mol. The molecule has 0 atom stereocenters. The molecule has 2 heterocycles. The molecule has 0 spiro atoms. The van der Waals surface area contributed by atoms with Crippen LogP contribution < -0.4 is 0 Å². The Labute approximate surface area is 154 Å². The molecule has 1 N–H and O–H groups in total. The smallest absolute Gasteiger partial charge is 0.435 e. The minimum atomic E-state index is -4.73. The molecule has 1 aliphatic heterocycles. The Balaban J connectivity index is 2.30. The Bertz CT molecular complexity index is 777. The predicted octanol–water partition coefficient (Wildman–Crippen LogP) is 3.16. The van der Waals surface area contributed by atoms with E-state index in [2.05, 4.69) is 5.10 Å². The molecule has 1 aliphatic rings. The summed E-state index contributed by atoms with van der Waals surface area (Å²) in [6.45, 7) is 0.0706. The number of hydrogen-bond donors (Lipinski definition) is 1. The highest BCUT2D eigenvalue weighted by atomic mass is 35.5. The van der Waals surface area contributed by atoms with Gasteiger partial charge in [-0.1, -0.05) is 35.6 Å². The summed E-state index contributed by atoms with van der Waals surface area (Å²) in [5, 5.41) is 11.7. The first-order valence-electron chi connectivity index (χ1n) is 6.79. The van der Waals surface area contributed by atoms with Crippen LogP contribution in [-0.4, -0.2) is 42.5 Å². The van der Waals surface area contributed by atoms with E-state index in [1.807, 2.05) is 0 Å². The number of carbonyl (C=O) groups excluding carboxylic acids is 1. The van der Waals surface area contributed by atoms with Crippen molar-refractivity contribution in [2.75, 3.05) is 6.54 Å². The van der Waals surface area contributed by atoms with E-state index >= 15 is 0 Å². The van der Waals surface area contributed by atoms with Gasteiger partial charge in [0, 0.05) is 25.6 Å². The molecule has 12 heteroatoms. The molecule has 136 valence electrons. The number of halogens is 4. The molecule has 1 aromatic heterocycles. The maximum absolute atomic E-state index is 13.1. The van der Waals surface area contributed by atoms with Crippen LogP contribution in [0.2, 0.25) is 5.15 Å². The lowest BCUT2D eigenvalue weighted by Gasteiger charge is -2.13. The highest BCUT2D eigenvalue weighted by molar-refractivity contribution is 8.26. The van der Waals surface area contributed by atoms with Crippen molar-refractivity contribution in [1.29, 1.82) is 0 Å². The topological polar surface area (TPSA) is 75.4 Å². The van der Waals surface area contributed by atoms with E-state index in [0.717, 1.165) is 27.4 Å². The molecule has 0 aliphatic carbocycles. The highest BCUT2D eigenvalue weighted by Crippen LogP contribution is 2.39. The summed E-state index contributed by atoms with van der Waals surface area (Å²) in [6.07, 6.45) is -3.70. The van der Waals surface area contributed by atoms with Gasteiger partial charge in [-0.05, 0) is 12.5 Å². The Morgan fingerprint density at radius 3 is 2.68 bits per heavy atom. The Hall–Kier alpha value is -1.59. The summed E-state index contributed by atoms with van der Waals surface area (Å²) in [4.78, 5) is 24.0. The Morgan fingerprint density at radius 2 is 2.12 bits per heavy atom. The van der Waals surface area contributed by atoms with Crippen molar-refractivity contribution in [1.82, 2.24) is 14.7 Å². The van der Waals surface area contributed by atoms with Gasteiger partial charge in [0.25, 0.3) is 5.91 Å². The van der Waals surface area contributed by atoms with Crippen LogP contribution in [0.25, 0.3) is 6.08 Å². The molecule has 0 bridgehead atoms. The molecule has 0 unspecified atom stereocenters. The van der Waals surface area contributed by atoms with Gasteiger partial charge in [-0.15, -0.1) is 0 Å². The van der Waals surface area contributed by atoms with Crippen molar-refractivity contribution in [3.05, 3.63) is 21.3 Å². The molecule has 25 heavy (non-hydrogen) atoms. The first-order chi connectivity index (χ1) is 11.5. The van der Waals surface area contributed by atoms with Gasteiger partial charge in [-0.25, -0.2) is 0 Å². The molecule has 0 saturated carbocycles. The molecule has 1 saturated heterocycles. The van der Waals surface area contributed by atoms with E-state index in [0.29, 0.717) is 0 Å². The van der Waals surface area contributed by atoms with E-state index in [1.54, 1.807) is 0 Å². The number of carboxylic acid groups (broad SMARTS) is 1. The highest BCUT2D eigenvalue weighted by Gasteiger charge is 2.39. The van der Waals surface area contributed by atoms with Crippen LogP contribution in [0, 0.1) is 0 Å². The third kappa shape index (κ3) is 4.33. The van der Waals surface area contributed by atoms with Crippen LogP contribution in [0.4, 0.5) is 13.2 Å². The van der Waals surface area contributed by atoms with Crippen LogP contribution in [0.1, 0.15) is 24.1 Å². The largest absolute Gasteiger partial charge is 0.481 e. The maximum Gasteiger partial charge on any atom is 0.435 e. The van der Waals surface area contributed by atoms with Gasteiger partial charge in [-0.2, -0.15) is 18.3 Å². The van der Waals surface area contributed by atoms with Gasteiger partial charge in [0.15, 0.2) is 5.69 Å². The lowest BCUT2D eigenvalue weighted by atomic mass is 10.2. The first kappa shape index (κ1) is 19.7. The van der Waals surface area contributed by atoms with Crippen LogP contribution in [0.15, 0.2) is 4.91 Å². The van der Waals surface area contributed by atoms with Crippen molar-refractivity contribution in [3.63, 3.8) is 0 Å². The third-order valence-corrected chi connectivity index (χ3v) is 5.03. The Kier molecular flexibility index (Phi) is 5.79. The van der Waals surface area contributed by atoms with Crippen molar-refractivity contribution < 1.29 is 27.9 Å². The molecule has 1 amide bonds. The number of amides is 1. The van der Waals surface area contributed by atoms with E-state index in [4.69, 9.17) is 28.9 Å². The molecule has 0 radical (unpaired) electrons. The van der Waals surface area contributed by atoms with E-state index in [9.17, 15) is 22.8 Å². The zero-order chi connectivity index (χ0) is 18.9. The summed E-state index contributed by atoms with van der Waals surface area (Å²) >= 11 is 11.7. The van der Waals surface area contributed by atoms with Crippen molar-refractivity contribution in [3.8, 4) is 0 Å². The number of aryl methyl sites for hydroxylation is 1. The molecule has 1 fully saturated rings. The number of alkyl halides is 3. The fourth-order valence-electron chi connectivity index (χ4n) is 2.07. The van der Waals surface area contributed by atoms with Gasteiger partial charge >= 0.3 is 12.1 Å². The number of nitrogens with zero attached hydrogens (tertiary/aromatic N) is 3. The van der Waals surface area contributed by atoms with Crippen LogP contribution in [0.3, 0.4) is 0 Å². The van der Waals surface area contributed by atoms with Crippen molar-refractivity contribution in [2.45, 2.75) is 19.0 Å². The number of hydrogen-bond acceptors (Lipinski definition) is 5. The fourth-order valence-corrected chi connectivity index (χ4v) is 3.54. The van der Waals surface area contributed by atoms with Crippen LogP contribution >= 0.6 is 35.6 Å². The van der Waals surface area contributed by atoms with Gasteiger partial charge in [-0.3, -0.25) is 19.2 Å². The number of thiocarbonyl (C=S) groups is 1. The maximum atomic E-state index is 13.1. The number of carboxylic acids is 1. The van der Waals surface area contributed by atoms with Crippen LogP contribution in [-0.2, 0) is 22.8 Å². The third-order valence-electron chi connectivity index (χ3n) is 3.20. The second kappa shape index (κ2) is 7.34. The number of aromatic nitrogens is 2. The zero-order valence-corrected chi connectivity index (χ0v) is 15.0. The fraction of sp³-hybridized carbons (Fsp3) is 0.385. The van der Waals surface area contributed by atoms with Gasteiger partial charge < -0.3 is 5.11 Å². The van der Waals surface area contributed by atoms with E-state index in [1.165, 1.54) is 7.05 Å². The number of rotatable bonds is 5. The number of aliphatic carboxylic acids is 1. The van der Waals surface area contributed by atoms with Crippen LogP contribution in [0.5, 0.6) is 0 Å². The van der Waals surface area contributed by atoms with E-state index in [-0.39, 0.29) is 33.8 Å². The predicted molar refractivity (Wildman–Crippen MR) is 90.0 cm³/mol. The molecule has 6 nitrogen and oxygen atoms in total. The van der Waals surface area contributed by atoms with Gasteiger partial charge in [0.1, 0.15) is 9.47 Å². The quantitative estimate of drug-likeness (QED) is 0.590. The summed E-state index contributed by atoms with van der Waals surface area (Å²) in [5.41, 5.74) is -1.61. The molecule has 2 rings (SSSR count). The SMILES string of the molecule is Cn1nc(C(F)(F)F)c(/C=C2/SC(=S)N(CCCC(=O)O)C2=O)c1Cl. The molecule has 0 aromatic carbocycles. The van der Waals surface area contributed by atoms with Crippen molar-refractivity contribution >= 4 is 57.9 Å².